The number of benzene rings is 2. The highest BCUT2D eigenvalue weighted by atomic mass is 19.4. The van der Waals surface area contributed by atoms with Crippen LogP contribution in [0.5, 0.6) is 0 Å². The number of ether oxygens (including phenoxy) is 2. The normalized spacial score (nSPS) is 25.6. The fraction of sp³-hybridized carbons (Fsp3) is 0.500. The summed E-state index contributed by atoms with van der Waals surface area (Å²) in [6.45, 7) is 9.18. The summed E-state index contributed by atoms with van der Waals surface area (Å²) in [7, 11) is 0. The molecule has 2 unspecified atom stereocenters. The van der Waals surface area contributed by atoms with E-state index in [0.29, 0.717) is 37.9 Å². The summed E-state index contributed by atoms with van der Waals surface area (Å²) in [5.41, 5.74) is -3.73. The van der Waals surface area contributed by atoms with Crippen molar-refractivity contribution in [1.82, 2.24) is 4.90 Å². The fourth-order valence-corrected chi connectivity index (χ4v) is 6.11. The van der Waals surface area contributed by atoms with Crippen molar-refractivity contribution >= 4 is 5.97 Å². The summed E-state index contributed by atoms with van der Waals surface area (Å²) < 4.78 is 92.6. The first-order valence-electron chi connectivity index (χ1n) is 13.1. The summed E-state index contributed by atoms with van der Waals surface area (Å²) >= 11 is 0. The maximum absolute atomic E-state index is 13.4. The predicted molar refractivity (Wildman–Crippen MR) is 137 cm³/mol. The average Bonchev–Trinajstić information content (AvgIpc) is 3.07. The summed E-state index contributed by atoms with van der Waals surface area (Å²) in [6, 6.07) is 10.6. The van der Waals surface area contributed by atoms with E-state index in [9.17, 15) is 31.1 Å². The van der Waals surface area contributed by atoms with Gasteiger partial charge in [-0.15, -0.1) is 6.58 Å². The molecule has 0 aliphatic carbocycles. The summed E-state index contributed by atoms with van der Waals surface area (Å²) in [5, 5.41) is 0. The molecule has 40 heavy (non-hydrogen) atoms. The number of rotatable bonds is 7. The Morgan fingerprint density at radius 3 is 2.12 bits per heavy atom. The minimum Gasteiger partial charge on any atom is -0.460 e. The smallest absolute Gasteiger partial charge is 0.416 e. The minimum absolute atomic E-state index is 0.106. The van der Waals surface area contributed by atoms with Gasteiger partial charge in [-0.3, -0.25) is 9.69 Å². The SMILES string of the molecule is C=CCN1[C@H]2CCC(OCc3cc(C(F)(F)F)cc(C(F)(F)F)c3)C1(c1ccccc1)C[C@H]2C(=O)OC(C)(C)C. The lowest BCUT2D eigenvalue weighted by atomic mass is 9.78. The van der Waals surface area contributed by atoms with Crippen molar-refractivity contribution in [3.8, 4) is 0 Å². The molecule has 0 saturated carbocycles. The zero-order chi connectivity index (χ0) is 29.5. The molecule has 4 nitrogen and oxygen atoms in total. The molecule has 0 N–H and O–H groups in total. The highest BCUT2D eigenvalue weighted by molar-refractivity contribution is 5.75. The molecule has 2 saturated heterocycles. The van der Waals surface area contributed by atoms with Gasteiger partial charge in [0.15, 0.2) is 0 Å². The van der Waals surface area contributed by atoms with Crippen LogP contribution in [0.1, 0.15) is 62.3 Å². The van der Waals surface area contributed by atoms with Crippen LogP contribution in [0.15, 0.2) is 61.2 Å². The molecular formula is C30H33F6NO3. The van der Waals surface area contributed by atoms with Gasteiger partial charge in [0.2, 0.25) is 0 Å². The second kappa shape index (κ2) is 10.9. The van der Waals surface area contributed by atoms with E-state index < -0.39 is 53.2 Å². The third-order valence-electron chi connectivity index (χ3n) is 7.57. The molecule has 2 aliphatic rings. The number of piperidine rings is 1. The van der Waals surface area contributed by atoms with Crippen LogP contribution in [0.4, 0.5) is 26.3 Å². The van der Waals surface area contributed by atoms with E-state index in [2.05, 4.69) is 11.5 Å². The molecule has 4 atom stereocenters. The zero-order valence-electron chi connectivity index (χ0n) is 22.6. The second-order valence-electron chi connectivity index (χ2n) is 11.4. The highest BCUT2D eigenvalue weighted by Gasteiger charge is 2.61. The van der Waals surface area contributed by atoms with Gasteiger partial charge in [0.1, 0.15) is 5.60 Å². The summed E-state index contributed by atoms with van der Waals surface area (Å²) in [6.07, 6.45) is -7.50. The Bertz CT molecular complexity index is 1190. The lowest BCUT2D eigenvalue weighted by Gasteiger charge is -2.49. The molecule has 218 valence electrons. The first-order valence-corrected chi connectivity index (χ1v) is 13.1. The lowest BCUT2D eigenvalue weighted by molar-refractivity contribution is -0.161. The largest absolute Gasteiger partial charge is 0.460 e. The van der Waals surface area contributed by atoms with Crippen LogP contribution in [0.2, 0.25) is 0 Å². The van der Waals surface area contributed by atoms with Crippen LogP contribution in [0.3, 0.4) is 0 Å². The predicted octanol–water partition coefficient (Wildman–Crippen LogP) is 7.52. The Balaban J connectivity index is 1.73. The summed E-state index contributed by atoms with van der Waals surface area (Å²) in [4.78, 5) is 15.5. The number of hydrogen-bond acceptors (Lipinski definition) is 4. The molecular weight excluding hydrogens is 536 g/mol. The number of alkyl halides is 6. The van der Waals surface area contributed by atoms with Crippen molar-refractivity contribution in [3.05, 3.63) is 83.4 Å². The number of fused-ring (bicyclic) bond motifs is 2. The van der Waals surface area contributed by atoms with E-state index in [4.69, 9.17) is 9.47 Å². The van der Waals surface area contributed by atoms with E-state index >= 15 is 0 Å². The molecule has 0 amide bonds. The van der Waals surface area contributed by atoms with Gasteiger partial charge in [-0.2, -0.15) is 26.3 Å². The van der Waals surface area contributed by atoms with Gasteiger partial charge in [-0.05, 0) is 69.4 Å². The van der Waals surface area contributed by atoms with Gasteiger partial charge in [0.05, 0.1) is 35.3 Å². The standard InChI is InChI=1S/C30H33F6NO3/c1-5-13-37-24-11-12-25(39-18-19-14-21(29(31,32)33)16-22(15-19)30(34,35)36)28(37,20-9-7-6-8-10-20)17-23(24)26(38)40-27(2,3)4/h5-10,14-16,23-25H,1,11-13,17-18H2,2-4H3/t23-,24+,25?,28?/m1/s1. The third-order valence-corrected chi connectivity index (χ3v) is 7.57. The number of halogens is 6. The van der Waals surface area contributed by atoms with Crippen molar-refractivity contribution in [2.75, 3.05) is 6.54 Å². The van der Waals surface area contributed by atoms with Crippen molar-refractivity contribution in [2.24, 2.45) is 5.92 Å². The molecule has 2 heterocycles. The molecule has 10 heteroatoms. The van der Waals surface area contributed by atoms with Crippen LogP contribution >= 0.6 is 0 Å². The fourth-order valence-electron chi connectivity index (χ4n) is 6.11. The Morgan fingerprint density at radius 2 is 1.60 bits per heavy atom. The van der Waals surface area contributed by atoms with Crippen LogP contribution in [0.25, 0.3) is 0 Å². The van der Waals surface area contributed by atoms with Crippen LogP contribution in [-0.2, 0) is 38.8 Å². The highest BCUT2D eigenvalue weighted by Crippen LogP contribution is 2.55. The van der Waals surface area contributed by atoms with Crippen molar-refractivity contribution in [1.29, 1.82) is 0 Å². The van der Waals surface area contributed by atoms with Crippen LogP contribution in [-0.4, -0.2) is 35.2 Å². The maximum atomic E-state index is 13.4. The van der Waals surface area contributed by atoms with Gasteiger partial charge < -0.3 is 9.47 Å². The van der Waals surface area contributed by atoms with Crippen molar-refractivity contribution in [2.45, 2.75) is 82.3 Å². The van der Waals surface area contributed by atoms with Gasteiger partial charge >= 0.3 is 18.3 Å². The van der Waals surface area contributed by atoms with Gasteiger partial charge in [-0.25, -0.2) is 0 Å². The van der Waals surface area contributed by atoms with E-state index in [0.717, 1.165) is 5.56 Å². The monoisotopic (exact) mass is 569 g/mol. The molecule has 2 aromatic carbocycles. The van der Waals surface area contributed by atoms with Crippen LogP contribution < -0.4 is 0 Å². The van der Waals surface area contributed by atoms with Crippen LogP contribution in [0, 0.1) is 5.92 Å². The Morgan fingerprint density at radius 1 is 1.00 bits per heavy atom. The first kappa shape index (κ1) is 30.1. The van der Waals surface area contributed by atoms with Gasteiger partial charge in [-0.1, -0.05) is 36.4 Å². The van der Waals surface area contributed by atoms with E-state index in [1.807, 2.05) is 30.3 Å². The lowest BCUT2D eigenvalue weighted by Crippen LogP contribution is -2.57. The average molecular weight is 570 g/mol. The molecule has 0 aromatic heterocycles. The Hall–Kier alpha value is -2.85. The number of nitrogens with zero attached hydrogens (tertiary/aromatic N) is 1. The van der Waals surface area contributed by atoms with Crippen molar-refractivity contribution in [3.63, 3.8) is 0 Å². The third kappa shape index (κ3) is 6.07. The first-order chi connectivity index (χ1) is 18.6. The molecule has 2 aliphatic heterocycles. The molecule has 0 spiro atoms. The molecule has 2 aromatic rings. The number of carbonyl (C=O) groups is 1. The number of esters is 1. The topological polar surface area (TPSA) is 38.8 Å². The quantitative estimate of drug-likeness (QED) is 0.197. The van der Waals surface area contributed by atoms with E-state index in [1.54, 1.807) is 26.8 Å². The molecule has 2 bridgehead atoms. The van der Waals surface area contributed by atoms with Crippen molar-refractivity contribution < 1.29 is 40.6 Å². The zero-order valence-corrected chi connectivity index (χ0v) is 22.6. The molecule has 2 fully saturated rings. The number of carbonyl (C=O) groups excluding carboxylic acids is 1. The van der Waals surface area contributed by atoms with E-state index in [-0.39, 0.29) is 23.6 Å². The summed E-state index contributed by atoms with van der Waals surface area (Å²) in [5.74, 6) is -0.851. The second-order valence-corrected chi connectivity index (χ2v) is 11.4. The Kier molecular flexibility index (Phi) is 8.17. The maximum Gasteiger partial charge on any atom is 0.416 e. The Labute approximate surface area is 229 Å². The molecule has 4 rings (SSSR count). The molecule has 0 radical (unpaired) electrons. The van der Waals surface area contributed by atoms with Gasteiger partial charge in [0, 0.05) is 12.6 Å². The number of hydrogen-bond donors (Lipinski definition) is 0. The van der Waals surface area contributed by atoms with Gasteiger partial charge in [0.25, 0.3) is 0 Å². The van der Waals surface area contributed by atoms with E-state index in [1.165, 1.54) is 0 Å². The minimum atomic E-state index is -4.95.